The summed E-state index contributed by atoms with van der Waals surface area (Å²) in [5.74, 6) is -1.40. The monoisotopic (exact) mass is 510 g/mol. The van der Waals surface area contributed by atoms with E-state index in [1.807, 2.05) is 56.3 Å². The Morgan fingerprint density at radius 1 is 0.973 bits per heavy atom. The maximum atomic E-state index is 13.1. The van der Waals surface area contributed by atoms with Crippen LogP contribution in [0.1, 0.15) is 67.9 Å². The molecule has 0 fully saturated rings. The third-order valence-corrected chi connectivity index (χ3v) is 6.05. The lowest BCUT2D eigenvalue weighted by Gasteiger charge is -2.22. The minimum absolute atomic E-state index is 0.0647. The van der Waals surface area contributed by atoms with Crippen LogP contribution in [-0.4, -0.2) is 47.5 Å². The van der Waals surface area contributed by atoms with E-state index in [9.17, 15) is 24.4 Å². The van der Waals surface area contributed by atoms with Gasteiger partial charge in [0.25, 0.3) is 5.91 Å². The highest BCUT2D eigenvalue weighted by molar-refractivity contribution is 6.43. The third kappa shape index (κ3) is 11.2. The van der Waals surface area contributed by atoms with Gasteiger partial charge in [0.1, 0.15) is 12.6 Å². The number of hydrogen-bond acceptors (Lipinski definition) is 6. The number of carbonyl (C=O) groups is 3. The van der Waals surface area contributed by atoms with E-state index in [1.54, 1.807) is 12.1 Å². The van der Waals surface area contributed by atoms with Crippen LogP contribution in [0.2, 0.25) is 5.82 Å². The Hall–Kier alpha value is -3.17. The Kier molecular flexibility index (Phi) is 12.9. The normalized spacial score (nSPS) is 12.5. The van der Waals surface area contributed by atoms with Crippen molar-refractivity contribution in [3.63, 3.8) is 0 Å². The third-order valence-electron chi connectivity index (χ3n) is 6.05. The average molecular weight is 510 g/mol. The van der Waals surface area contributed by atoms with Crippen LogP contribution in [-0.2, 0) is 22.6 Å². The summed E-state index contributed by atoms with van der Waals surface area (Å²) in [6.07, 6.45) is 2.61. The largest absolute Gasteiger partial charge is 0.455 e. The van der Waals surface area contributed by atoms with Crippen molar-refractivity contribution >= 4 is 24.9 Å². The molecule has 0 aliphatic carbocycles. The Morgan fingerprint density at radius 3 is 2.24 bits per heavy atom. The Balaban J connectivity index is 2.06. The quantitative estimate of drug-likeness (QED) is 0.270. The summed E-state index contributed by atoms with van der Waals surface area (Å²) in [5.41, 5.74) is 2.34. The molecule has 9 heteroatoms. The van der Waals surface area contributed by atoms with Crippen LogP contribution < -0.4 is 10.6 Å². The van der Waals surface area contributed by atoms with Gasteiger partial charge in [-0.1, -0.05) is 69.7 Å². The molecule has 0 radical (unpaired) electrons. The lowest BCUT2D eigenvalue weighted by Crippen LogP contribution is -2.49. The molecule has 37 heavy (non-hydrogen) atoms. The van der Waals surface area contributed by atoms with E-state index in [0.29, 0.717) is 12.0 Å². The van der Waals surface area contributed by atoms with Crippen LogP contribution in [0.15, 0.2) is 54.6 Å². The molecule has 2 amide bonds. The lowest BCUT2D eigenvalue weighted by molar-refractivity contribution is -0.121. The second-order valence-corrected chi connectivity index (χ2v) is 9.74. The maximum absolute atomic E-state index is 13.1. The van der Waals surface area contributed by atoms with Crippen molar-refractivity contribution in [3.05, 3.63) is 71.3 Å². The molecule has 4 N–H and O–H groups in total. The van der Waals surface area contributed by atoms with Crippen molar-refractivity contribution in [3.8, 4) is 0 Å². The molecule has 0 bridgehead atoms. The molecule has 2 atom stereocenters. The SMILES string of the molecule is CCCCc1ccc(C(=O)N[C@@H](CNC(=O)OCc2ccccc2)C(=O)C[C@@H](CC(C)C)B(O)O)cc1. The summed E-state index contributed by atoms with van der Waals surface area (Å²) in [6.45, 7) is 5.84. The molecule has 0 saturated carbocycles. The van der Waals surface area contributed by atoms with Crippen LogP contribution in [0, 0.1) is 5.92 Å². The van der Waals surface area contributed by atoms with Crippen LogP contribution >= 0.6 is 0 Å². The number of alkyl carbamates (subject to hydrolysis) is 1. The number of carbonyl (C=O) groups excluding carboxylic acids is 3. The zero-order valence-corrected chi connectivity index (χ0v) is 22.0. The van der Waals surface area contributed by atoms with Crippen LogP contribution in [0.25, 0.3) is 0 Å². The number of ketones is 1. The smallest absolute Gasteiger partial charge is 0.445 e. The predicted octanol–water partition coefficient (Wildman–Crippen LogP) is 3.90. The highest BCUT2D eigenvalue weighted by Gasteiger charge is 2.31. The van der Waals surface area contributed by atoms with Crippen molar-refractivity contribution < 1.29 is 29.2 Å². The Bertz CT molecular complexity index is 982. The van der Waals surface area contributed by atoms with Crippen molar-refractivity contribution in [1.82, 2.24) is 10.6 Å². The number of aryl methyl sites for hydroxylation is 1. The summed E-state index contributed by atoms with van der Waals surface area (Å²) in [4.78, 5) is 38.3. The summed E-state index contributed by atoms with van der Waals surface area (Å²) in [6, 6.07) is 15.3. The Morgan fingerprint density at radius 2 is 1.65 bits per heavy atom. The zero-order valence-electron chi connectivity index (χ0n) is 22.0. The van der Waals surface area contributed by atoms with Gasteiger partial charge in [0.2, 0.25) is 0 Å². The molecule has 0 aromatic heterocycles. The van der Waals surface area contributed by atoms with E-state index >= 15 is 0 Å². The van der Waals surface area contributed by atoms with Crippen molar-refractivity contribution in [1.29, 1.82) is 0 Å². The number of unbranched alkanes of at least 4 members (excludes halogenated alkanes) is 1. The van der Waals surface area contributed by atoms with Gasteiger partial charge in [-0.2, -0.15) is 0 Å². The van der Waals surface area contributed by atoms with E-state index in [4.69, 9.17) is 4.74 Å². The molecule has 0 spiro atoms. The summed E-state index contributed by atoms with van der Waals surface area (Å²) in [5, 5.41) is 24.8. The second kappa shape index (κ2) is 15.8. The zero-order chi connectivity index (χ0) is 27.2. The van der Waals surface area contributed by atoms with Gasteiger partial charge in [-0.05, 0) is 48.4 Å². The molecule has 0 heterocycles. The van der Waals surface area contributed by atoms with Gasteiger partial charge in [-0.25, -0.2) is 4.79 Å². The van der Waals surface area contributed by atoms with Crippen LogP contribution in [0.5, 0.6) is 0 Å². The molecule has 8 nitrogen and oxygen atoms in total. The minimum atomic E-state index is -1.66. The standard InChI is InChI=1S/C28H39BN2O6/c1-4-5-9-21-12-14-23(15-13-21)27(33)31-25(26(32)17-24(29(35)36)16-20(2)3)18-30-28(34)37-19-22-10-7-6-8-11-22/h6-8,10-15,20,24-25,35-36H,4-5,9,16-19H2,1-3H3,(H,30,34)(H,31,33)/t24-,25+/m1/s1. The van der Waals surface area contributed by atoms with Gasteiger partial charge in [0.05, 0.1) is 0 Å². The molecule has 200 valence electrons. The van der Waals surface area contributed by atoms with Gasteiger partial charge >= 0.3 is 13.2 Å². The number of Topliss-reactive ketones (excluding diaryl/α,β-unsaturated/α-hetero) is 1. The molecule has 2 aromatic rings. The molecular formula is C28H39BN2O6. The van der Waals surface area contributed by atoms with Crippen LogP contribution in [0.4, 0.5) is 4.79 Å². The topological polar surface area (TPSA) is 125 Å². The van der Waals surface area contributed by atoms with Crippen LogP contribution in [0.3, 0.4) is 0 Å². The van der Waals surface area contributed by atoms with Gasteiger partial charge in [0, 0.05) is 24.3 Å². The van der Waals surface area contributed by atoms with E-state index in [1.165, 1.54) is 0 Å². The first-order valence-electron chi connectivity index (χ1n) is 12.9. The average Bonchev–Trinajstić information content (AvgIpc) is 2.88. The van der Waals surface area contributed by atoms with E-state index < -0.39 is 36.8 Å². The van der Waals surface area contributed by atoms with Gasteiger partial charge in [-0.3, -0.25) is 9.59 Å². The van der Waals surface area contributed by atoms with E-state index in [0.717, 1.165) is 30.4 Å². The fraction of sp³-hybridized carbons (Fsp3) is 0.464. The summed E-state index contributed by atoms with van der Waals surface area (Å²) in [7, 11) is -1.66. The van der Waals surface area contributed by atoms with Gasteiger partial charge < -0.3 is 25.4 Å². The molecule has 0 unspecified atom stereocenters. The number of nitrogens with one attached hydrogen (secondary N) is 2. The summed E-state index contributed by atoms with van der Waals surface area (Å²) < 4.78 is 5.21. The van der Waals surface area contributed by atoms with E-state index in [2.05, 4.69) is 17.6 Å². The fourth-order valence-electron chi connectivity index (χ4n) is 3.97. The predicted molar refractivity (Wildman–Crippen MR) is 144 cm³/mol. The molecule has 2 rings (SSSR count). The number of ether oxygens (including phenoxy) is 1. The fourth-order valence-corrected chi connectivity index (χ4v) is 3.97. The molecular weight excluding hydrogens is 471 g/mol. The highest BCUT2D eigenvalue weighted by Crippen LogP contribution is 2.24. The molecule has 0 aliphatic heterocycles. The molecule has 2 aromatic carbocycles. The number of benzene rings is 2. The van der Waals surface area contributed by atoms with E-state index in [-0.39, 0.29) is 25.5 Å². The first-order valence-corrected chi connectivity index (χ1v) is 12.9. The second-order valence-electron chi connectivity index (χ2n) is 9.74. The molecule has 0 aliphatic rings. The molecule has 0 saturated heterocycles. The summed E-state index contributed by atoms with van der Waals surface area (Å²) >= 11 is 0. The van der Waals surface area contributed by atoms with Gasteiger partial charge in [0.15, 0.2) is 5.78 Å². The van der Waals surface area contributed by atoms with Crippen molar-refractivity contribution in [2.75, 3.05) is 6.54 Å². The highest BCUT2D eigenvalue weighted by atomic mass is 16.5. The minimum Gasteiger partial charge on any atom is -0.445 e. The Labute approximate surface area is 220 Å². The first kappa shape index (κ1) is 30.1. The van der Waals surface area contributed by atoms with Gasteiger partial charge in [-0.15, -0.1) is 0 Å². The van der Waals surface area contributed by atoms with Crippen molar-refractivity contribution in [2.24, 2.45) is 5.92 Å². The maximum Gasteiger partial charge on any atom is 0.455 e. The number of rotatable bonds is 15. The number of amides is 2. The lowest BCUT2D eigenvalue weighted by atomic mass is 9.66. The first-order chi connectivity index (χ1) is 17.7. The number of hydrogen-bond donors (Lipinski definition) is 4. The van der Waals surface area contributed by atoms with Crippen molar-refractivity contribution in [2.45, 2.75) is 71.3 Å².